The van der Waals surface area contributed by atoms with Crippen molar-refractivity contribution in [3.05, 3.63) is 56.0 Å². The summed E-state index contributed by atoms with van der Waals surface area (Å²) in [6.07, 6.45) is -1.85. The Morgan fingerprint density at radius 3 is 2.32 bits per heavy atom. The van der Waals surface area contributed by atoms with Gasteiger partial charge in [0.15, 0.2) is 0 Å². The van der Waals surface area contributed by atoms with E-state index in [0.717, 1.165) is 12.1 Å². The summed E-state index contributed by atoms with van der Waals surface area (Å²) >= 11 is 5.75. The molecule has 1 aliphatic carbocycles. The quantitative estimate of drug-likeness (QED) is 0.455. The number of amides is 2. The molecule has 8 nitrogen and oxygen atoms in total. The Morgan fingerprint density at radius 2 is 1.73 bits per heavy atom. The second kappa shape index (κ2) is 12.0. The van der Waals surface area contributed by atoms with E-state index < -0.39 is 28.7 Å². The van der Waals surface area contributed by atoms with Crippen molar-refractivity contribution in [1.82, 2.24) is 19.8 Å². The van der Waals surface area contributed by atoms with Crippen molar-refractivity contribution in [3.63, 3.8) is 0 Å². The number of carbonyl (C=O) groups is 2. The second-order valence-electron chi connectivity index (χ2n) is 11.7. The summed E-state index contributed by atoms with van der Waals surface area (Å²) in [5.74, 6) is -0.252. The zero-order valence-electron chi connectivity index (χ0n) is 23.9. The SMILES string of the molecule is CC(C)NC(=O)C1CCC(n2c(NC(C)C)nc3c(c2=O)C[C@@H](C)N(C(=O)c2ccc(Cl)c(C(F)(F)F)c2)C3)CC1. The van der Waals surface area contributed by atoms with Crippen LogP contribution in [0.4, 0.5) is 19.1 Å². The van der Waals surface area contributed by atoms with Crippen molar-refractivity contribution in [3.8, 4) is 0 Å². The maximum Gasteiger partial charge on any atom is 0.417 e. The standard InChI is InChI=1S/C29H37ClF3N5O3/c1-15(2)34-25(39)18-6-9-20(10-7-18)38-27(41)21-12-17(5)37(14-24(21)36-28(38)35-16(3)4)26(40)19-8-11-23(30)22(13-19)29(31,32)33/h8,11,13,15-18,20H,6-7,9-10,12,14H2,1-5H3,(H,34,39)(H,35,36)/t17-,18?,20?/m1/s1. The minimum atomic E-state index is -4.70. The van der Waals surface area contributed by atoms with Gasteiger partial charge in [-0.2, -0.15) is 13.2 Å². The number of benzene rings is 1. The highest BCUT2D eigenvalue weighted by Crippen LogP contribution is 2.37. The minimum absolute atomic E-state index is 0.00964. The van der Waals surface area contributed by atoms with Crippen LogP contribution in [-0.2, 0) is 23.9 Å². The molecule has 1 fully saturated rings. The van der Waals surface area contributed by atoms with Crippen LogP contribution in [0.15, 0.2) is 23.0 Å². The number of anilines is 1. The molecule has 1 saturated carbocycles. The maximum absolute atomic E-state index is 13.9. The third kappa shape index (κ3) is 6.71. The number of alkyl halides is 3. The van der Waals surface area contributed by atoms with Gasteiger partial charge in [-0.15, -0.1) is 0 Å². The number of hydrogen-bond acceptors (Lipinski definition) is 5. The van der Waals surface area contributed by atoms with Crippen molar-refractivity contribution in [2.24, 2.45) is 5.92 Å². The van der Waals surface area contributed by atoms with E-state index in [1.54, 1.807) is 11.5 Å². The van der Waals surface area contributed by atoms with Gasteiger partial charge in [0.05, 0.1) is 22.8 Å². The first-order chi connectivity index (χ1) is 19.2. The van der Waals surface area contributed by atoms with Crippen LogP contribution in [0.2, 0.25) is 5.02 Å². The van der Waals surface area contributed by atoms with E-state index in [0.29, 0.717) is 42.9 Å². The number of halogens is 4. The molecule has 12 heteroatoms. The second-order valence-corrected chi connectivity index (χ2v) is 12.1. The number of nitrogens with zero attached hydrogens (tertiary/aromatic N) is 3. The van der Waals surface area contributed by atoms with Gasteiger partial charge in [-0.05, 0) is 84.9 Å². The molecule has 224 valence electrons. The topological polar surface area (TPSA) is 96.3 Å². The van der Waals surface area contributed by atoms with Crippen molar-refractivity contribution in [1.29, 1.82) is 0 Å². The van der Waals surface area contributed by atoms with E-state index >= 15 is 0 Å². The average Bonchev–Trinajstić information content (AvgIpc) is 2.88. The predicted molar refractivity (Wildman–Crippen MR) is 151 cm³/mol. The molecule has 2 heterocycles. The van der Waals surface area contributed by atoms with Crippen LogP contribution in [0.3, 0.4) is 0 Å². The highest BCUT2D eigenvalue weighted by atomic mass is 35.5. The summed E-state index contributed by atoms with van der Waals surface area (Å²) in [7, 11) is 0. The van der Waals surface area contributed by atoms with E-state index in [2.05, 4.69) is 10.6 Å². The van der Waals surface area contributed by atoms with Crippen LogP contribution < -0.4 is 16.2 Å². The number of hydrogen-bond donors (Lipinski definition) is 2. The lowest BCUT2D eigenvalue weighted by atomic mass is 9.85. The summed E-state index contributed by atoms with van der Waals surface area (Å²) < 4.78 is 42.0. The first kappa shape index (κ1) is 30.9. The number of fused-ring (bicyclic) bond motifs is 1. The van der Waals surface area contributed by atoms with E-state index in [-0.39, 0.29) is 54.0 Å². The first-order valence-corrected chi connectivity index (χ1v) is 14.4. The normalized spacial score (nSPS) is 21.1. The molecule has 1 aromatic carbocycles. The van der Waals surface area contributed by atoms with E-state index in [1.165, 1.54) is 11.0 Å². The van der Waals surface area contributed by atoms with Gasteiger partial charge >= 0.3 is 6.18 Å². The molecule has 0 bridgehead atoms. The summed E-state index contributed by atoms with van der Waals surface area (Å²) in [5, 5.41) is 5.76. The van der Waals surface area contributed by atoms with Crippen LogP contribution in [0.1, 0.15) is 93.5 Å². The largest absolute Gasteiger partial charge is 0.417 e. The molecule has 0 saturated heterocycles. The summed E-state index contributed by atoms with van der Waals surface area (Å²) in [6, 6.07) is 2.57. The Labute approximate surface area is 242 Å². The minimum Gasteiger partial charge on any atom is -0.354 e. The summed E-state index contributed by atoms with van der Waals surface area (Å²) in [5.41, 5.74) is -0.461. The third-order valence-corrected chi connectivity index (χ3v) is 8.04. The number of rotatable bonds is 6. The van der Waals surface area contributed by atoms with Crippen molar-refractivity contribution in [2.75, 3.05) is 5.32 Å². The molecule has 2 N–H and O–H groups in total. The molecule has 4 rings (SSSR count). The van der Waals surface area contributed by atoms with Gasteiger partial charge in [-0.3, -0.25) is 19.0 Å². The van der Waals surface area contributed by atoms with Crippen LogP contribution in [0, 0.1) is 5.92 Å². The van der Waals surface area contributed by atoms with Gasteiger partial charge in [0.25, 0.3) is 11.5 Å². The molecule has 1 atom stereocenters. The van der Waals surface area contributed by atoms with Crippen LogP contribution in [-0.4, -0.2) is 44.4 Å². The lowest BCUT2D eigenvalue weighted by molar-refractivity contribution is -0.137. The Kier molecular flexibility index (Phi) is 9.06. The predicted octanol–water partition coefficient (Wildman–Crippen LogP) is 5.58. The molecular weight excluding hydrogens is 559 g/mol. The Balaban J connectivity index is 1.63. The molecular formula is C29H37ClF3N5O3. The van der Waals surface area contributed by atoms with Gasteiger partial charge < -0.3 is 15.5 Å². The van der Waals surface area contributed by atoms with Gasteiger partial charge in [0, 0.05) is 41.2 Å². The Bertz CT molecular complexity index is 1370. The first-order valence-electron chi connectivity index (χ1n) is 14.1. The fourth-order valence-electron chi connectivity index (χ4n) is 5.68. The smallest absolute Gasteiger partial charge is 0.354 e. The number of nitrogens with one attached hydrogen (secondary N) is 2. The fraction of sp³-hybridized carbons (Fsp3) is 0.586. The van der Waals surface area contributed by atoms with E-state index in [4.69, 9.17) is 16.6 Å². The Morgan fingerprint density at radius 1 is 1.07 bits per heavy atom. The van der Waals surface area contributed by atoms with E-state index in [9.17, 15) is 27.6 Å². The summed E-state index contributed by atoms with van der Waals surface area (Å²) in [4.78, 5) is 46.1. The van der Waals surface area contributed by atoms with Crippen molar-refractivity contribution < 1.29 is 22.8 Å². The summed E-state index contributed by atoms with van der Waals surface area (Å²) in [6.45, 7) is 9.47. The number of carbonyl (C=O) groups excluding carboxylic acids is 2. The maximum atomic E-state index is 13.9. The zero-order valence-corrected chi connectivity index (χ0v) is 24.7. The molecule has 2 aromatic rings. The van der Waals surface area contributed by atoms with Gasteiger partial charge in [-0.25, -0.2) is 4.98 Å². The lowest BCUT2D eigenvalue weighted by Crippen LogP contribution is -2.47. The lowest BCUT2D eigenvalue weighted by Gasteiger charge is -2.36. The third-order valence-electron chi connectivity index (χ3n) is 7.71. The molecule has 0 spiro atoms. The molecule has 41 heavy (non-hydrogen) atoms. The molecule has 0 unspecified atom stereocenters. The van der Waals surface area contributed by atoms with Crippen LogP contribution in [0.25, 0.3) is 0 Å². The molecule has 2 aliphatic rings. The average molecular weight is 596 g/mol. The van der Waals surface area contributed by atoms with Gasteiger partial charge in [0.1, 0.15) is 0 Å². The number of aromatic nitrogens is 2. The van der Waals surface area contributed by atoms with Gasteiger partial charge in [-0.1, -0.05) is 11.6 Å². The van der Waals surface area contributed by atoms with Crippen LogP contribution >= 0.6 is 11.6 Å². The molecule has 1 aromatic heterocycles. The van der Waals surface area contributed by atoms with E-state index in [1.807, 2.05) is 27.7 Å². The zero-order chi connectivity index (χ0) is 30.2. The molecule has 2 amide bonds. The van der Waals surface area contributed by atoms with Crippen LogP contribution in [0.5, 0.6) is 0 Å². The molecule has 1 aliphatic heterocycles. The van der Waals surface area contributed by atoms with Crippen molar-refractivity contribution >= 4 is 29.4 Å². The molecule has 0 radical (unpaired) electrons. The highest BCUT2D eigenvalue weighted by Gasteiger charge is 2.37. The van der Waals surface area contributed by atoms with Gasteiger partial charge in [0.2, 0.25) is 11.9 Å². The highest BCUT2D eigenvalue weighted by molar-refractivity contribution is 6.31. The fourth-order valence-corrected chi connectivity index (χ4v) is 5.91. The Hall–Kier alpha value is -3.08. The van der Waals surface area contributed by atoms with Crippen molar-refractivity contribution in [2.45, 2.75) is 104 Å². The monoisotopic (exact) mass is 595 g/mol.